The molecule has 3 aliphatic rings. The Bertz CT molecular complexity index is 914. The van der Waals surface area contributed by atoms with Gasteiger partial charge >= 0.3 is 0 Å². The predicted octanol–water partition coefficient (Wildman–Crippen LogP) is 2.62. The molecule has 2 fully saturated rings. The number of rotatable bonds is 3. The molecule has 1 N–H and O–H groups in total. The van der Waals surface area contributed by atoms with Crippen LogP contribution in [0.15, 0.2) is 63.3 Å². The Morgan fingerprint density at radius 1 is 0.933 bits per heavy atom. The molecule has 0 aliphatic carbocycles. The number of hydrogen-bond acceptors (Lipinski definition) is 7. The molecule has 0 amide bonds. The van der Waals surface area contributed by atoms with E-state index in [1.807, 2.05) is 0 Å². The lowest BCUT2D eigenvalue weighted by Gasteiger charge is -2.39. The summed E-state index contributed by atoms with van der Waals surface area (Å²) in [5.41, 5.74) is 2.25. The molecule has 0 unspecified atom stereocenters. The van der Waals surface area contributed by atoms with Gasteiger partial charge in [0.15, 0.2) is 0 Å². The number of aliphatic imine (C=N–C) groups is 1. The molecule has 158 valence electrons. The average Bonchev–Trinajstić information content (AvgIpc) is 2.96. The van der Waals surface area contributed by atoms with Crippen LogP contribution < -0.4 is 0 Å². The Kier molecular flexibility index (Phi) is 6.06. The van der Waals surface area contributed by atoms with Gasteiger partial charge in [-0.3, -0.25) is 4.90 Å². The number of benzene rings is 2. The van der Waals surface area contributed by atoms with Crippen LogP contribution in [0.5, 0.6) is 0 Å². The first-order chi connectivity index (χ1) is 14.8. The molecule has 0 spiro atoms. The van der Waals surface area contributed by atoms with Gasteiger partial charge < -0.3 is 19.5 Å². The third-order valence-corrected chi connectivity index (χ3v) is 6.91. The van der Waals surface area contributed by atoms with E-state index in [2.05, 4.69) is 58.3 Å². The predicted molar refractivity (Wildman–Crippen MR) is 118 cm³/mol. The van der Waals surface area contributed by atoms with Crippen LogP contribution in [0.3, 0.4) is 0 Å². The van der Waals surface area contributed by atoms with Crippen molar-refractivity contribution in [3.63, 3.8) is 0 Å². The van der Waals surface area contributed by atoms with Crippen molar-refractivity contribution in [1.82, 2.24) is 9.80 Å². The third kappa shape index (κ3) is 4.26. The molecule has 3 aliphatic heterocycles. The van der Waals surface area contributed by atoms with Gasteiger partial charge in [0.05, 0.1) is 31.6 Å². The molecule has 0 saturated carbocycles. The summed E-state index contributed by atoms with van der Waals surface area (Å²) in [6.07, 6.45) is -0.166. The average molecular weight is 426 g/mol. The summed E-state index contributed by atoms with van der Waals surface area (Å²) < 4.78 is 11.5. The Balaban J connectivity index is 1.30. The summed E-state index contributed by atoms with van der Waals surface area (Å²) in [7, 11) is 0. The molecule has 5 rings (SSSR count). The van der Waals surface area contributed by atoms with Crippen molar-refractivity contribution in [2.45, 2.75) is 22.0 Å². The fraction of sp³-hybridized carbons (Fsp3) is 0.435. The van der Waals surface area contributed by atoms with E-state index in [-0.39, 0.29) is 18.8 Å². The molecular formula is C23H27N3O3S. The van der Waals surface area contributed by atoms with Gasteiger partial charge in [-0.15, -0.1) is 0 Å². The summed E-state index contributed by atoms with van der Waals surface area (Å²) in [6, 6.07) is 16.9. The van der Waals surface area contributed by atoms with Gasteiger partial charge in [0, 0.05) is 48.1 Å². The SMILES string of the molecule is OC[C@@H]1COC[C@H](CN2CCN(C3=Nc4ccccc4Sc4ccccc43)CC2)O1. The van der Waals surface area contributed by atoms with Crippen LogP contribution in [-0.4, -0.2) is 85.5 Å². The highest BCUT2D eigenvalue weighted by Crippen LogP contribution is 2.40. The largest absolute Gasteiger partial charge is 0.394 e. The number of nitrogens with zero attached hydrogens (tertiary/aromatic N) is 3. The molecule has 3 heterocycles. The normalized spacial score (nSPS) is 24.6. The second-order valence-electron chi connectivity index (χ2n) is 7.89. The van der Waals surface area contributed by atoms with Gasteiger partial charge in [-0.2, -0.15) is 0 Å². The monoisotopic (exact) mass is 425 g/mol. The van der Waals surface area contributed by atoms with E-state index in [9.17, 15) is 5.11 Å². The van der Waals surface area contributed by atoms with E-state index in [1.165, 1.54) is 15.4 Å². The standard InChI is InChI=1S/C23H27N3O3S/c27-14-18-16-28-15-17(29-18)13-25-9-11-26(12-10-25)23-19-5-1-3-7-21(19)30-22-8-4-2-6-20(22)24-23/h1-8,17-18,27H,9-16H2/t17-,18+/m0/s1. The highest BCUT2D eigenvalue weighted by atomic mass is 32.2. The lowest BCUT2D eigenvalue weighted by Crippen LogP contribution is -2.52. The summed E-state index contributed by atoms with van der Waals surface area (Å²) in [5.74, 6) is 1.07. The minimum Gasteiger partial charge on any atom is -0.394 e. The van der Waals surface area contributed by atoms with Crippen LogP contribution in [0.4, 0.5) is 5.69 Å². The Hall–Kier alpha value is -1.90. The van der Waals surface area contributed by atoms with Crippen LogP contribution in [0.25, 0.3) is 0 Å². The molecule has 0 radical (unpaired) electrons. The summed E-state index contributed by atoms with van der Waals surface area (Å²) >= 11 is 1.79. The van der Waals surface area contributed by atoms with Crippen molar-refractivity contribution in [3.05, 3.63) is 54.1 Å². The molecule has 0 bridgehead atoms. The van der Waals surface area contributed by atoms with Gasteiger partial charge in [0.2, 0.25) is 0 Å². The molecule has 6 nitrogen and oxygen atoms in total. The lowest BCUT2D eigenvalue weighted by atomic mass is 10.1. The topological polar surface area (TPSA) is 57.5 Å². The summed E-state index contributed by atoms with van der Waals surface area (Å²) in [6.45, 7) is 5.71. The fourth-order valence-corrected chi connectivity index (χ4v) is 5.23. The number of piperazine rings is 1. The Labute approximate surface area is 181 Å². The van der Waals surface area contributed by atoms with E-state index in [0.717, 1.165) is 44.2 Å². The van der Waals surface area contributed by atoms with Crippen molar-refractivity contribution in [2.24, 2.45) is 4.99 Å². The third-order valence-electron chi connectivity index (χ3n) is 5.77. The highest BCUT2D eigenvalue weighted by Gasteiger charge is 2.28. The summed E-state index contributed by atoms with van der Waals surface area (Å²) in [4.78, 5) is 12.4. The number of ether oxygens (including phenoxy) is 2. The summed E-state index contributed by atoms with van der Waals surface area (Å²) in [5, 5.41) is 9.33. The maximum atomic E-state index is 9.33. The van der Waals surface area contributed by atoms with Crippen LogP contribution in [0.1, 0.15) is 5.56 Å². The number of fused-ring (bicyclic) bond motifs is 2. The first-order valence-corrected chi connectivity index (χ1v) is 11.4. The minimum atomic E-state index is -0.195. The second kappa shape index (κ2) is 9.08. The molecule has 2 aromatic rings. The first-order valence-electron chi connectivity index (χ1n) is 10.6. The number of amidine groups is 1. The zero-order valence-corrected chi connectivity index (χ0v) is 17.8. The lowest BCUT2D eigenvalue weighted by molar-refractivity contribution is -0.156. The van der Waals surface area contributed by atoms with Crippen LogP contribution >= 0.6 is 11.8 Å². The van der Waals surface area contributed by atoms with E-state index in [4.69, 9.17) is 14.5 Å². The van der Waals surface area contributed by atoms with E-state index in [1.54, 1.807) is 11.8 Å². The van der Waals surface area contributed by atoms with Crippen molar-refractivity contribution >= 4 is 23.3 Å². The number of hydrogen-bond donors (Lipinski definition) is 1. The molecule has 7 heteroatoms. The molecule has 2 aromatic carbocycles. The maximum absolute atomic E-state index is 9.33. The van der Waals surface area contributed by atoms with Crippen molar-refractivity contribution in [2.75, 3.05) is 52.5 Å². The van der Waals surface area contributed by atoms with Crippen molar-refractivity contribution in [1.29, 1.82) is 0 Å². The Morgan fingerprint density at radius 3 is 2.50 bits per heavy atom. The van der Waals surface area contributed by atoms with Crippen LogP contribution in [0.2, 0.25) is 0 Å². The van der Waals surface area contributed by atoms with Crippen LogP contribution in [0, 0.1) is 0 Å². The van der Waals surface area contributed by atoms with Gasteiger partial charge in [0.1, 0.15) is 11.9 Å². The first kappa shape index (κ1) is 20.0. The zero-order valence-electron chi connectivity index (χ0n) is 16.9. The van der Waals surface area contributed by atoms with Gasteiger partial charge in [-0.1, -0.05) is 42.1 Å². The van der Waals surface area contributed by atoms with Crippen LogP contribution in [-0.2, 0) is 9.47 Å². The highest BCUT2D eigenvalue weighted by molar-refractivity contribution is 7.99. The Morgan fingerprint density at radius 2 is 1.67 bits per heavy atom. The van der Waals surface area contributed by atoms with Gasteiger partial charge in [-0.05, 0) is 18.2 Å². The zero-order chi connectivity index (χ0) is 20.3. The quantitative estimate of drug-likeness (QED) is 0.816. The second-order valence-corrected chi connectivity index (χ2v) is 8.97. The number of aliphatic hydroxyl groups is 1. The van der Waals surface area contributed by atoms with Gasteiger partial charge in [0.25, 0.3) is 0 Å². The molecular weight excluding hydrogens is 398 g/mol. The molecule has 2 atom stereocenters. The van der Waals surface area contributed by atoms with Crippen molar-refractivity contribution < 1.29 is 14.6 Å². The number of aliphatic hydroxyl groups excluding tert-OH is 1. The van der Waals surface area contributed by atoms with E-state index in [0.29, 0.717) is 13.2 Å². The molecule has 2 saturated heterocycles. The molecule has 0 aromatic heterocycles. The fourth-order valence-electron chi connectivity index (χ4n) is 4.21. The smallest absolute Gasteiger partial charge is 0.137 e. The van der Waals surface area contributed by atoms with Crippen molar-refractivity contribution in [3.8, 4) is 0 Å². The maximum Gasteiger partial charge on any atom is 0.137 e. The van der Waals surface area contributed by atoms with E-state index < -0.39 is 0 Å². The number of para-hydroxylation sites is 1. The van der Waals surface area contributed by atoms with Gasteiger partial charge in [-0.25, -0.2) is 4.99 Å². The minimum absolute atomic E-state index is 0.0169. The molecule has 30 heavy (non-hydrogen) atoms. The van der Waals surface area contributed by atoms with E-state index >= 15 is 0 Å².